The van der Waals surface area contributed by atoms with Crippen LogP contribution in [0, 0.1) is 26.7 Å². The number of nitrogens with zero attached hydrogens (tertiary/aromatic N) is 1. The normalized spacial score (nSPS) is 20.1. The standard InChI is InChI=1S/C30H36F2NP/c1-20-14-21(2)17-25(16-20)34(26-18-22(3)15-24(19-26)30(31)32)28-13-9-12-27(28)29(33(4)5)23-10-7-6-8-11-23/h6-8,10-11,14-19,27-30H,9,12-13H2,1-5H3/t27?,28?,29-,34?/m0/s1. The van der Waals surface area contributed by atoms with E-state index in [1.54, 1.807) is 12.1 Å². The summed E-state index contributed by atoms with van der Waals surface area (Å²) in [4.78, 5) is 2.36. The Morgan fingerprint density at radius 2 is 1.35 bits per heavy atom. The fourth-order valence-electron chi connectivity index (χ4n) is 5.92. The summed E-state index contributed by atoms with van der Waals surface area (Å²) in [5.41, 5.74) is 5.34. The van der Waals surface area contributed by atoms with Gasteiger partial charge in [-0.2, -0.15) is 0 Å². The molecule has 1 aliphatic carbocycles. The molecule has 1 aliphatic rings. The third-order valence-corrected chi connectivity index (χ3v) is 10.00. The molecule has 1 fully saturated rings. The van der Waals surface area contributed by atoms with Gasteiger partial charge in [0.15, 0.2) is 0 Å². The van der Waals surface area contributed by atoms with Crippen LogP contribution >= 0.6 is 7.92 Å². The van der Waals surface area contributed by atoms with Crippen molar-refractivity contribution in [2.75, 3.05) is 14.1 Å². The van der Waals surface area contributed by atoms with Crippen molar-refractivity contribution in [1.82, 2.24) is 4.90 Å². The maximum Gasteiger partial charge on any atom is 0.263 e. The van der Waals surface area contributed by atoms with Crippen molar-refractivity contribution in [3.05, 3.63) is 94.5 Å². The summed E-state index contributed by atoms with van der Waals surface area (Å²) >= 11 is 0. The highest BCUT2D eigenvalue weighted by Crippen LogP contribution is 2.54. The maximum absolute atomic E-state index is 13.8. The van der Waals surface area contributed by atoms with E-state index in [2.05, 4.69) is 87.4 Å². The van der Waals surface area contributed by atoms with Gasteiger partial charge in [-0.1, -0.05) is 83.8 Å². The van der Waals surface area contributed by atoms with Crippen LogP contribution in [0.5, 0.6) is 0 Å². The van der Waals surface area contributed by atoms with Gasteiger partial charge in [0.1, 0.15) is 0 Å². The summed E-state index contributed by atoms with van der Waals surface area (Å²) in [6.45, 7) is 6.23. The predicted octanol–water partition coefficient (Wildman–Crippen LogP) is 7.45. The molecule has 3 aromatic rings. The van der Waals surface area contributed by atoms with Crippen LogP contribution in [-0.2, 0) is 0 Å². The quantitative estimate of drug-likeness (QED) is 0.318. The van der Waals surface area contributed by atoms with Crippen LogP contribution in [0.3, 0.4) is 0 Å². The minimum atomic E-state index is -2.45. The first kappa shape index (κ1) is 25.0. The van der Waals surface area contributed by atoms with Crippen LogP contribution in [0.15, 0.2) is 66.7 Å². The van der Waals surface area contributed by atoms with Gasteiger partial charge in [0, 0.05) is 11.6 Å². The lowest BCUT2D eigenvalue weighted by Gasteiger charge is -2.38. The summed E-state index contributed by atoms with van der Waals surface area (Å²) < 4.78 is 27.7. The van der Waals surface area contributed by atoms with Crippen LogP contribution < -0.4 is 10.6 Å². The molecule has 4 heteroatoms. The molecule has 0 aromatic heterocycles. The van der Waals surface area contributed by atoms with E-state index in [-0.39, 0.29) is 5.56 Å². The highest BCUT2D eigenvalue weighted by atomic mass is 31.1. The number of aryl methyl sites for hydroxylation is 3. The summed E-state index contributed by atoms with van der Waals surface area (Å²) in [6.07, 6.45) is 1.04. The topological polar surface area (TPSA) is 3.24 Å². The number of halogens is 2. The molecule has 0 amide bonds. The van der Waals surface area contributed by atoms with Crippen molar-refractivity contribution in [2.45, 2.75) is 58.2 Å². The fourth-order valence-corrected chi connectivity index (χ4v) is 9.43. The van der Waals surface area contributed by atoms with Crippen molar-refractivity contribution in [3.63, 3.8) is 0 Å². The molecule has 1 nitrogen and oxygen atoms in total. The predicted molar refractivity (Wildman–Crippen MR) is 142 cm³/mol. The Morgan fingerprint density at radius 1 is 0.765 bits per heavy atom. The molecule has 0 heterocycles. The fraction of sp³-hybridized carbons (Fsp3) is 0.400. The van der Waals surface area contributed by atoms with Crippen molar-refractivity contribution >= 4 is 18.5 Å². The molecule has 180 valence electrons. The second kappa shape index (κ2) is 10.7. The third-order valence-electron chi connectivity index (χ3n) is 7.07. The van der Waals surface area contributed by atoms with E-state index in [4.69, 9.17) is 0 Å². The summed E-state index contributed by atoms with van der Waals surface area (Å²) in [5.74, 6) is 0.472. The Balaban J connectivity index is 1.86. The van der Waals surface area contributed by atoms with Gasteiger partial charge in [-0.15, -0.1) is 0 Å². The molecule has 1 saturated carbocycles. The van der Waals surface area contributed by atoms with E-state index in [9.17, 15) is 8.78 Å². The number of hydrogen-bond acceptors (Lipinski definition) is 1. The lowest BCUT2D eigenvalue weighted by molar-refractivity contribution is 0.151. The number of rotatable bonds is 7. The second-order valence-electron chi connectivity index (χ2n) is 10.1. The van der Waals surface area contributed by atoms with Crippen molar-refractivity contribution in [3.8, 4) is 0 Å². The Morgan fingerprint density at radius 3 is 1.94 bits per heavy atom. The molecule has 0 saturated heterocycles. The molecule has 4 atom stereocenters. The smallest absolute Gasteiger partial charge is 0.263 e. The summed E-state index contributed by atoms with van der Waals surface area (Å²) in [5, 5.41) is 2.42. The van der Waals surface area contributed by atoms with Gasteiger partial charge in [0.05, 0.1) is 0 Å². The molecule has 34 heavy (non-hydrogen) atoms. The molecule has 4 rings (SSSR count). The van der Waals surface area contributed by atoms with Gasteiger partial charge in [0.25, 0.3) is 6.43 Å². The van der Waals surface area contributed by atoms with Crippen LogP contribution in [-0.4, -0.2) is 24.7 Å². The minimum absolute atomic E-state index is 0.147. The molecule has 0 radical (unpaired) electrons. The molecule has 0 bridgehead atoms. The van der Waals surface area contributed by atoms with Gasteiger partial charge in [-0.05, 0) is 89.4 Å². The molecule has 3 aromatic carbocycles. The van der Waals surface area contributed by atoms with E-state index in [0.717, 1.165) is 17.3 Å². The number of hydrogen-bond donors (Lipinski definition) is 0. The van der Waals surface area contributed by atoms with Crippen LogP contribution in [0.25, 0.3) is 0 Å². The Hall–Kier alpha value is -2.09. The monoisotopic (exact) mass is 479 g/mol. The van der Waals surface area contributed by atoms with Gasteiger partial charge >= 0.3 is 0 Å². The molecular weight excluding hydrogens is 443 g/mol. The zero-order valence-electron chi connectivity index (χ0n) is 20.9. The molecule has 0 N–H and O–H groups in total. The lowest BCUT2D eigenvalue weighted by atomic mass is 9.90. The zero-order chi connectivity index (χ0) is 24.4. The maximum atomic E-state index is 13.8. The first-order valence-electron chi connectivity index (χ1n) is 12.2. The SMILES string of the molecule is Cc1cc(C)cc(P(c2cc(C)cc(C(F)F)c2)C2CCCC2[C@H](c2ccccc2)N(C)C)c1. The van der Waals surface area contributed by atoms with E-state index in [1.165, 1.54) is 34.8 Å². The lowest BCUT2D eigenvalue weighted by Crippen LogP contribution is -2.34. The first-order valence-corrected chi connectivity index (χ1v) is 13.6. The molecule has 3 unspecified atom stereocenters. The van der Waals surface area contributed by atoms with E-state index < -0.39 is 14.3 Å². The third kappa shape index (κ3) is 5.42. The van der Waals surface area contributed by atoms with Crippen LogP contribution in [0.4, 0.5) is 8.78 Å². The average molecular weight is 480 g/mol. The number of benzene rings is 3. The van der Waals surface area contributed by atoms with Crippen LogP contribution in [0.2, 0.25) is 0 Å². The van der Waals surface area contributed by atoms with Crippen molar-refractivity contribution < 1.29 is 8.78 Å². The van der Waals surface area contributed by atoms with Gasteiger partial charge in [-0.25, -0.2) is 8.78 Å². The molecular formula is C30H36F2NP. The van der Waals surface area contributed by atoms with E-state index in [1.807, 2.05) is 6.92 Å². The average Bonchev–Trinajstić information content (AvgIpc) is 3.22. The van der Waals surface area contributed by atoms with E-state index >= 15 is 0 Å². The molecule has 0 aliphatic heterocycles. The Labute approximate surface area is 205 Å². The van der Waals surface area contributed by atoms with Gasteiger partial charge in [-0.3, -0.25) is 0 Å². The summed E-state index contributed by atoms with van der Waals surface area (Å²) in [7, 11) is 3.56. The van der Waals surface area contributed by atoms with Crippen molar-refractivity contribution in [2.24, 2.45) is 5.92 Å². The highest BCUT2D eigenvalue weighted by molar-refractivity contribution is 7.73. The van der Waals surface area contributed by atoms with Gasteiger partial charge < -0.3 is 4.90 Å². The number of alkyl halides is 2. The summed E-state index contributed by atoms with van der Waals surface area (Å²) in [6, 6.07) is 23.5. The van der Waals surface area contributed by atoms with E-state index in [0.29, 0.717) is 17.6 Å². The first-order chi connectivity index (χ1) is 16.2. The second-order valence-corrected chi connectivity index (χ2v) is 12.5. The van der Waals surface area contributed by atoms with Crippen LogP contribution in [0.1, 0.15) is 59.5 Å². The largest absolute Gasteiger partial charge is 0.302 e. The molecule has 0 spiro atoms. The highest BCUT2D eigenvalue weighted by Gasteiger charge is 2.41. The van der Waals surface area contributed by atoms with Gasteiger partial charge in [0.2, 0.25) is 0 Å². The van der Waals surface area contributed by atoms with Crippen molar-refractivity contribution in [1.29, 1.82) is 0 Å². The Bertz CT molecular complexity index is 1090. The Kier molecular flexibility index (Phi) is 7.85. The zero-order valence-corrected chi connectivity index (χ0v) is 21.8. The minimum Gasteiger partial charge on any atom is -0.302 e.